The summed E-state index contributed by atoms with van der Waals surface area (Å²) in [6, 6.07) is 11.4. The highest BCUT2D eigenvalue weighted by Crippen LogP contribution is 2.34. The van der Waals surface area contributed by atoms with Gasteiger partial charge in [0.1, 0.15) is 18.1 Å². The number of fused-ring (bicyclic) bond motifs is 1. The molecule has 0 atom stereocenters. The fraction of sp³-hybridized carbons (Fsp3) is 0.294. The van der Waals surface area contributed by atoms with Crippen molar-refractivity contribution in [1.82, 2.24) is 4.90 Å². The number of hydrogen-bond acceptors (Lipinski definition) is 4. The maximum absolute atomic E-state index is 12.5. The van der Waals surface area contributed by atoms with Crippen molar-refractivity contribution in [3.05, 3.63) is 47.9 Å². The first-order chi connectivity index (χ1) is 11.0. The van der Waals surface area contributed by atoms with Crippen molar-refractivity contribution in [2.45, 2.75) is 18.4 Å². The van der Waals surface area contributed by atoms with Gasteiger partial charge in [0.15, 0.2) is 0 Å². The lowest BCUT2D eigenvalue weighted by atomic mass is 10.2. The van der Waals surface area contributed by atoms with Gasteiger partial charge in [0.2, 0.25) is 11.8 Å². The number of carbonyl (C=O) groups is 2. The van der Waals surface area contributed by atoms with Crippen LogP contribution in [0.3, 0.4) is 0 Å². The summed E-state index contributed by atoms with van der Waals surface area (Å²) in [6.45, 7) is 2.31. The standard InChI is InChI=1S/C17H18N2O3S/c1-12-7-8-13(22-12)9-18(2)16(20)10-19-14-5-3-4-6-15(14)23-11-17(19)21/h3-8H,9-11H2,1-2H3. The van der Waals surface area contributed by atoms with Gasteiger partial charge in [0.05, 0.1) is 18.0 Å². The number of hydrogen-bond donors (Lipinski definition) is 0. The molecule has 23 heavy (non-hydrogen) atoms. The van der Waals surface area contributed by atoms with E-state index in [9.17, 15) is 9.59 Å². The molecule has 0 unspecified atom stereocenters. The summed E-state index contributed by atoms with van der Waals surface area (Å²) in [5, 5.41) is 0. The van der Waals surface area contributed by atoms with Crippen molar-refractivity contribution in [2.75, 3.05) is 24.2 Å². The fourth-order valence-electron chi connectivity index (χ4n) is 2.48. The number of nitrogens with zero attached hydrogens (tertiary/aromatic N) is 2. The summed E-state index contributed by atoms with van der Waals surface area (Å²) < 4.78 is 5.49. The maximum atomic E-state index is 12.5. The highest BCUT2D eigenvalue weighted by molar-refractivity contribution is 8.00. The van der Waals surface area contributed by atoms with Crippen LogP contribution in [-0.2, 0) is 16.1 Å². The van der Waals surface area contributed by atoms with Crippen LogP contribution in [0.15, 0.2) is 45.7 Å². The van der Waals surface area contributed by atoms with E-state index in [0.29, 0.717) is 12.3 Å². The molecule has 0 saturated heterocycles. The van der Waals surface area contributed by atoms with Crippen LogP contribution >= 0.6 is 11.8 Å². The van der Waals surface area contributed by atoms with Crippen LogP contribution in [0.1, 0.15) is 11.5 Å². The monoisotopic (exact) mass is 330 g/mol. The molecule has 0 bridgehead atoms. The van der Waals surface area contributed by atoms with Gasteiger partial charge in [-0.25, -0.2) is 0 Å². The van der Waals surface area contributed by atoms with Crippen LogP contribution in [0.2, 0.25) is 0 Å². The zero-order valence-electron chi connectivity index (χ0n) is 13.1. The lowest BCUT2D eigenvalue weighted by molar-refractivity contribution is -0.130. The number of benzene rings is 1. The zero-order valence-corrected chi connectivity index (χ0v) is 13.9. The minimum Gasteiger partial charge on any atom is -0.464 e. The Morgan fingerprint density at radius 2 is 2.09 bits per heavy atom. The second-order valence-electron chi connectivity index (χ2n) is 5.50. The van der Waals surface area contributed by atoms with E-state index in [2.05, 4.69) is 0 Å². The molecule has 2 heterocycles. The van der Waals surface area contributed by atoms with Gasteiger partial charge in [0.25, 0.3) is 0 Å². The number of anilines is 1. The molecule has 0 N–H and O–H groups in total. The van der Waals surface area contributed by atoms with Crippen molar-refractivity contribution >= 4 is 29.3 Å². The van der Waals surface area contributed by atoms with E-state index >= 15 is 0 Å². The van der Waals surface area contributed by atoms with Crippen LogP contribution in [-0.4, -0.2) is 36.1 Å². The molecule has 0 radical (unpaired) electrons. The van der Waals surface area contributed by atoms with E-state index in [0.717, 1.165) is 22.1 Å². The van der Waals surface area contributed by atoms with Crippen LogP contribution < -0.4 is 4.90 Å². The van der Waals surface area contributed by atoms with E-state index in [-0.39, 0.29) is 18.4 Å². The van der Waals surface area contributed by atoms with E-state index in [4.69, 9.17) is 4.42 Å². The molecule has 2 amide bonds. The van der Waals surface area contributed by atoms with Crippen LogP contribution in [0, 0.1) is 6.92 Å². The smallest absolute Gasteiger partial charge is 0.242 e. The number of rotatable bonds is 4. The second kappa shape index (κ2) is 6.50. The average molecular weight is 330 g/mol. The van der Waals surface area contributed by atoms with Gasteiger partial charge in [-0.3, -0.25) is 9.59 Å². The van der Waals surface area contributed by atoms with E-state index < -0.39 is 0 Å². The Kier molecular flexibility index (Phi) is 4.43. The highest BCUT2D eigenvalue weighted by atomic mass is 32.2. The molecule has 6 heteroatoms. The molecule has 1 aliphatic heterocycles. The van der Waals surface area contributed by atoms with Crippen molar-refractivity contribution in [3.63, 3.8) is 0 Å². The van der Waals surface area contributed by atoms with Crippen LogP contribution in [0.4, 0.5) is 5.69 Å². The van der Waals surface area contributed by atoms with Gasteiger partial charge in [-0.05, 0) is 31.2 Å². The molecule has 0 fully saturated rings. The Morgan fingerprint density at radius 3 is 2.83 bits per heavy atom. The summed E-state index contributed by atoms with van der Waals surface area (Å²) >= 11 is 1.51. The van der Waals surface area contributed by atoms with Crippen molar-refractivity contribution < 1.29 is 14.0 Å². The summed E-state index contributed by atoms with van der Waals surface area (Å²) in [5.41, 5.74) is 0.810. The molecular formula is C17H18N2O3S. The molecule has 5 nitrogen and oxygen atoms in total. The first kappa shape index (κ1) is 15.7. The number of aryl methyl sites for hydroxylation is 1. The predicted molar refractivity (Wildman–Crippen MR) is 89.4 cm³/mol. The van der Waals surface area contributed by atoms with Crippen molar-refractivity contribution in [3.8, 4) is 0 Å². The van der Waals surface area contributed by atoms with E-state index in [1.165, 1.54) is 11.8 Å². The highest BCUT2D eigenvalue weighted by Gasteiger charge is 2.27. The Balaban J connectivity index is 1.70. The minimum atomic E-state index is -0.117. The largest absolute Gasteiger partial charge is 0.464 e. The number of para-hydroxylation sites is 1. The molecule has 120 valence electrons. The number of carbonyl (C=O) groups excluding carboxylic acids is 2. The van der Waals surface area contributed by atoms with Gasteiger partial charge < -0.3 is 14.2 Å². The Hall–Kier alpha value is -2.21. The average Bonchev–Trinajstić information content (AvgIpc) is 2.95. The first-order valence-electron chi connectivity index (χ1n) is 7.36. The van der Waals surface area contributed by atoms with E-state index in [1.807, 2.05) is 43.3 Å². The molecule has 2 aromatic rings. The number of thioether (sulfide) groups is 1. The molecule has 3 rings (SSSR count). The number of amides is 2. The van der Waals surface area contributed by atoms with Gasteiger partial charge in [-0.1, -0.05) is 12.1 Å². The van der Waals surface area contributed by atoms with Gasteiger partial charge in [-0.2, -0.15) is 0 Å². The molecule has 0 aliphatic carbocycles. The second-order valence-corrected chi connectivity index (χ2v) is 6.52. The Labute approximate surface area is 139 Å². The van der Waals surface area contributed by atoms with Crippen LogP contribution in [0.5, 0.6) is 0 Å². The SMILES string of the molecule is Cc1ccc(CN(C)C(=O)CN2C(=O)CSc3ccccc32)o1. The molecule has 0 spiro atoms. The molecule has 1 aromatic heterocycles. The topological polar surface area (TPSA) is 53.8 Å². The summed E-state index contributed by atoms with van der Waals surface area (Å²) in [4.78, 5) is 28.8. The third-order valence-electron chi connectivity index (χ3n) is 3.72. The summed E-state index contributed by atoms with van der Waals surface area (Å²) in [7, 11) is 1.72. The lowest BCUT2D eigenvalue weighted by Crippen LogP contribution is -2.43. The fourth-order valence-corrected chi connectivity index (χ4v) is 3.41. The molecule has 0 saturated carbocycles. The number of likely N-dealkylation sites (N-methyl/N-ethyl adjacent to an activating group) is 1. The first-order valence-corrected chi connectivity index (χ1v) is 8.34. The summed E-state index contributed by atoms with van der Waals surface area (Å²) in [6.07, 6.45) is 0. The predicted octanol–water partition coefficient (Wildman–Crippen LogP) is 2.69. The Bertz CT molecular complexity index is 741. The number of furan rings is 1. The zero-order chi connectivity index (χ0) is 16.4. The quantitative estimate of drug-likeness (QED) is 0.865. The van der Waals surface area contributed by atoms with E-state index in [1.54, 1.807) is 16.8 Å². The van der Waals surface area contributed by atoms with Crippen molar-refractivity contribution in [2.24, 2.45) is 0 Å². The normalized spacial score (nSPS) is 13.8. The molecular weight excluding hydrogens is 312 g/mol. The van der Waals surface area contributed by atoms with Crippen molar-refractivity contribution in [1.29, 1.82) is 0 Å². The van der Waals surface area contributed by atoms with Crippen LogP contribution in [0.25, 0.3) is 0 Å². The van der Waals surface area contributed by atoms with Gasteiger partial charge >= 0.3 is 0 Å². The minimum absolute atomic E-state index is 0.0377. The maximum Gasteiger partial charge on any atom is 0.242 e. The Morgan fingerprint density at radius 1 is 1.30 bits per heavy atom. The molecule has 1 aromatic carbocycles. The summed E-state index contributed by atoms with van der Waals surface area (Å²) in [5.74, 6) is 1.77. The lowest BCUT2D eigenvalue weighted by Gasteiger charge is -2.29. The van der Waals surface area contributed by atoms with Gasteiger partial charge in [-0.15, -0.1) is 11.8 Å². The third kappa shape index (κ3) is 3.42. The molecule has 1 aliphatic rings. The van der Waals surface area contributed by atoms with Gasteiger partial charge in [0, 0.05) is 11.9 Å². The third-order valence-corrected chi connectivity index (χ3v) is 4.76.